The topological polar surface area (TPSA) is 113 Å². The van der Waals surface area contributed by atoms with Gasteiger partial charge in [0.05, 0.1) is 5.92 Å². The molecule has 1 aliphatic heterocycles. The van der Waals surface area contributed by atoms with E-state index >= 15 is 0 Å². The van der Waals surface area contributed by atoms with Crippen LogP contribution in [0.5, 0.6) is 0 Å². The summed E-state index contributed by atoms with van der Waals surface area (Å²) in [6, 6.07) is 0. The fourth-order valence-corrected chi connectivity index (χ4v) is 1.06. The summed E-state index contributed by atoms with van der Waals surface area (Å²) in [4.78, 5) is 18.6. The van der Waals surface area contributed by atoms with Crippen LogP contribution in [0.4, 0.5) is 4.79 Å². The van der Waals surface area contributed by atoms with Crippen LogP contribution in [0.1, 0.15) is 12.8 Å². The van der Waals surface area contributed by atoms with E-state index in [0.717, 1.165) is 19.4 Å². The fraction of sp³-hybridized carbons (Fsp3) is 0.714. The Balaban J connectivity index is -0.000000213. The number of hydrogen-bond acceptors (Lipinski definition) is 5. The normalized spacial score (nSPS) is 18.3. The molecule has 0 amide bonds. The molecule has 0 spiro atoms. The molecule has 0 radical (unpaired) electrons. The van der Waals surface area contributed by atoms with Gasteiger partial charge in [-0.15, -0.1) is 0 Å². The number of carboxylic acids is 1. The van der Waals surface area contributed by atoms with Crippen LogP contribution in [0, 0.1) is 5.92 Å². The van der Waals surface area contributed by atoms with Gasteiger partial charge in [-0.1, -0.05) is 0 Å². The maximum Gasteiger partial charge on any atom is 1.00 e. The predicted octanol–water partition coefficient (Wildman–Crippen LogP) is -8.37. The zero-order valence-corrected chi connectivity index (χ0v) is 15.2. The van der Waals surface area contributed by atoms with E-state index in [1.54, 1.807) is 0 Å². The third-order valence-electron chi connectivity index (χ3n) is 1.65. The summed E-state index contributed by atoms with van der Waals surface area (Å²) in [6.45, 7) is 1.62. The molecular formula is C7H11K2NO5. The molecule has 8 heteroatoms. The average molecular weight is 267 g/mol. The van der Waals surface area contributed by atoms with Crippen molar-refractivity contribution in [1.82, 2.24) is 5.32 Å². The summed E-state index contributed by atoms with van der Waals surface area (Å²) >= 11 is 0. The summed E-state index contributed by atoms with van der Waals surface area (Å²) in [5, 5.41) is 28.2. The Kier molecular flexibility index (Phi) is 20.8. The van der Waals surface area contributed by atoms with Gasteiger partial charge in [0, 0.05) is 6.54 Å². The van der Waals surface area contributed by atoms with Gasteiger partial charge in [0.25, 0.3) is 0 Å². The molecule has 0 aliphatic carbocycles. The zero-order valence-electron chi connectivity index (χ0n) is 8.99. The number of hydrogen-bond donors (Lipinski definition) is 2. The number of rotatable bonds is 1. The molecule has 15 heavy (non-hydrogen) atoms. The molecule has 1 heterocycles. The first-order valence-corrected chi connectivity index (χ1v) is 3.85. The summed E-state index contributed by atoms with van der Waals surface area (Å²) in [5.74, 6) is -0.805. The van der Waals surface area contributed by atoms with E-state index in [9.17, 15) is 4.79 Å². The van der Waals surface area contributed by atoms with Crippen molar-refractivity contribution in [2.24, 2.45) is 5.92 Å². The second-order valence-corrected chi connectivity index (χ2v) is 2.63. The Labute approximate surface area is 173 Å². The van der Waals surface area contributed by atoms with Gasteiger partial charge in [-0.2, -0.15) is 0 Å². The summed E-state index contributed by atoms with van der Waals surface area (Å²) < 4.78 is 0. The molecule has 0 aromatic rings. The van der Waals surface area contributed by atoms with E-state index in [1.165, 1.54) is 0 Å². The molecule has 0 aromatic carbocycles. The Bertz CT molecular complexity index is 180. The van der Waals surface area contributed by atoms with Crippen LogP contribution < -0.4 is 118 Å². The molecular weight excluding hydrogens is 256 g/mol. The molecule has 0 saturated carbocycles. The predicted molar refractivity (Wildman–Crippen MR) is 38.6 cm³/mol. The summed E-state index contributed by atoms with van der Waals surface area (Å²) in [6.07, 6.45) is -0.501. The molecule has 76 valence electrons. The van der Waals surface area contributed by atoms with E-state index in [-0.39, 0.29) is 109 Å². The van der Waals surface area contributed by atoms with Crippen molar-refractivity contribution in [2.45, 2.75) is 12.8 Å². The minimum Gasteiger partial charge on any atom is -0.652 e. The number of carbonyl (C=O) groups is 2. The molecule has 2 N–H and O–H groups in total. The smallest absolute Gasteiger partial charge is 0.652 e. The first-order valence-electron chi connectivity index (χ1n) is 3.85. The Hall–Kier alpha value is 1.97. The second-order valence-electron chi connectivity index (χ2n) is 2.63. The monoisotopic (exact) mass is 267 g/mol. The van der Waals surface area contributed by atoms with Gasteiger partial charge in [0.2, 0.25) is 0 Å². The number of nitrogens with one attached hydrogen (secondary N) is 1. The average Bonchev–Trinajstić information content (AvgIpc) is 2.05. The summed E-state index contributed by atoms with van der Waals surface area (Å²) in [5.41, 5.74) is 0. The first-order chi connectivity index (χ1) is 6.04. The first kappa shape index (κ1) is 22.2. The fourth-order valence-electron chi connectivity index (χ4n) is 1.06. The van der Waals surface area contributed by atoms with Gasteiger partial charge in [-0.05, 0) is 25.5 Å². The Morgan fingerprint density at radius 3 is 1.93 bits per heavy atom. The van der Waals surface area contributed by atoms with Gasteiger partial charge in [-0.3, -0.25) is 4.79 Å². The minimum atomic E-state index is -2.33. The van der Waals surface area contributed by atoms with E-state index in [0.29, 0.717) is 6.54 Å². The molecule has 1 saturated heterocycles. The van der Waals surface area contributed by atoms with E-state index < -0.39 is 12.1 Å². The number of carboxylic acid groups (broad SMARTS) is 3. The third kappa shape index (κ3) is 16.0. The molecule has 0 aromatic heterocycles. The van der Waals surface area contributed by atoms with Crippen LogP contribution in [0.2, 0.25) is 0 Å². The third-order valence-corrected chi connectivity index (χ3v) is 1.65. The van der Waals surface area contributed by atoms with Crippen molar-refractivity contribution in [2.75, 3.05) is 13.1 Å². The van der Waals surface area contributed by atoms with Crippen molar-refractivity contribution in [1.29, 1.82) is 0 Å². The zero-order chi connectivity index (χ0) is 10.3. The molecule has 0 unspecified atom stereocenters. The van der Waals surface area contributed by atoms with Crippen LogP contribution in [0.15, 0.2) is 0 Å². The number of carbonyl (C=O) groups excluding carboxylic acids is 1. The number of piperidine rings is 1. The van der Waals surface area contributed by atoms with Crippen molar-refractivity contribution in [3.8, 4) is 0 Å². The molecule has 1 fully saturated rings. The minimum absolute atomic E-state index is 0. The maximum atomic E-state index is 10.3. The molecule has 1 aliphatic rings. The van der Waals surface area contributed by atoms with Gasteiger partial charge >= 0.3 is 109 Å². The van der Waals surface area contributed by atoms with Crippen molar-refractivity contribution in [3.63, 3.8) is 0 Å². The van der Waals surface area contributed by atoms with Gasteiger partial charge < -0.3 is 25.4 Å². The van der Waals surface area contributed by atoms with E-state index in [1.807, 2.05) is 0 Å². The Morgan fingerprint density at radius 1 is 1.27 bits per heavy atom. The van der Waals surface area contributed by atoms with Crippen molar-refractivity contribution < 1.29 is 128 Å². The van der Waals surface area contributed by atoms with Crippen molar-refractivity contribution in [3.05, 3.63) is 0 Å². The Morgan fingerprint density at radius 2 is 1.73 bits per heavy atom. The molecule has 6 nitrogen and oxygen atoms in total. The van der Waals surface area contributed by atoms with Gasteiger partial charge in [0.15, 0.2) is 0 Å². The molecule has 1 atom stereocenters. The van der Waals surface area contributed by atoms with Gasteiger partial charge in [-0.25, -0.2) is 0 Å². The van der Waals surface area contributed by atoms with Crippen molar-refractivity contribution >= 4 is 12.1 Å². The van der Waals surface area contributed by atoms with Crippen LogP contribution in [0.25, 0.3) is 0 Å². The number of aliphatic carboxylic acids is 1. The quantitative estimate of drug-likeness (QED) is 0.456. The standard InChI is InChI=1S/C6H11NO2.CH2O3.2K/c8-6(9)5-2-1-3-7-4-5;2-1(3)4;;/h5,7H,1-4H2,(H,8,9);(H2,2,3,4);;/q;;2*+1/p-2/t5-;;;/m1.../s1. The SMILES string of the molecule is O=C(O)[C@@H]1CCCNC1.O=C([O-])[O-].[K+].[K+]. The largest absolute Gasteiger partial charge is 1.00 e. The van der Waals surface area contributed by atoms with Crippen LogP contribution in [0.3, 0.4) is 0 Å². The maximum absolute atomic E-state index is 10.3. The molecule has 1 rings (SSSR count). The van der Waals surface area contributed by atoms with Crippen LogP contribution >= 0.6 is 0 Å². The summed E-state index contributed by atoms with van der Waals surface area (Å²) in [7, 11) is 0. The van der Waals surface area contributed by atoms with Gasteiger partial charge in [0.1, 0.15) is 0 Å². The van der Waals surface area contributed by atoms with Crippen LogP contribution in [-0.4, -0.2) is 30.3 Å². The second kappa shape index (κ2) is 14.0. The van der Waals surface area contributed by atoms with Crippen LogP contribution in [-0.2, 0) is 4.79 Å². The van der Waals surface area contributed by atoms with E-state index in [4.69, 9.17) is 20.1 Å². The molecule has 0 bridgehead atoms. The van der Waals surface area contributed by atoms with E-state index in [2.05, 4.69) is 5.32 Å².